The highest BCUT2D eigenvalue weighted by atomic mass is 19.4. The van der Waals surface area contributed by atoms with E-state index >= 15 is 0 Å². The number of fused-ring (bicyclic) bond motifs is 1. The maximum absolute atomic E-state index is 12.9. The molecule has 0 saturated heterocycles. The fourth-order valence-corrected chi connectivity index (χ4v) is 1.80. The SMILES string of the molecule is CC(C)(C)Oc1nccc2c(C(F)(F)F)cccc12. The normalized spacial score (nSPS) is 12.7. The number of aromatic nitrogens is 1. The Labute approximate surface area is 109 Å². The zero-order valence-electron chi connectivity index (χ0n) is 10.9. The quantitative estimate of drug-likeness (QED) is 0.764. The molecule has 0 bridgehead atoms. The van der Waals surface area contributed by atoms with Gasteiger partial charge in [-0.15, -0.1) is 0 Å². The molecule has 0 aliphatic carbocycles. The number of nitrogens with zero attached hydrogens (tertiary/aromatic N) is 1. The number of hydrogen-bond donors (Lipinski definition) is 0. The molecule has 0 radical (unpaired) electrons. The minimum atomic E-state index is -4.39. The fraction of sp³-hybridized carbons (Fsp3) is 0.357. The van der Waals surface area contributed by atoms with Crippen molar-refractivity contribution >= 4 is 10.8 Å². The van der Waals surface area contributed by atoms with Crippen LogP contribution in [0.15, 0.2) is 30.5 Å². The van der Waals surface area contributed by atoms with E-state index in [-0.39, 0.29) is 11.3 Å². The molecule has 0 N–H and O–H groups in total. The lowest BCUT2D eigenvalue weighted by Crippen LogP contribution is -2.23. The van der Waals surface area contributed by atoms with Gasteiger partial charge in [-0.1, -0.05) is 6.07 Å². The molecule has 0 fully saturated rings. The Hall–Kier alpha value is -1.78. The Morgan fingerprint density at radius 3 is 2.26 bits per heavy atom. The highest BCUT2D eigenvalue weighted by Crippen LogP contribution is 2.37. The molecule has 0 amide bonds. The van der Waals surface area contributed by atoms with Crippen molar-refractivity contribution in [2.24, 2.45) is 0 Å². The molecular weight excluding hydrogens is 255 g/mol. The summed E-state index contributed by atoms with van der Waals surface area (Å²) in [6.07, 6.45) is -3.06. The molecule has 0 atom stereocenters. The van der Waals surface area contributed by atoms with Crippen molar-refractivity contribution in [3.63, 3.8) is 0 Å². The predicted octanol–water partition coefficient (Wildman–Crippen LogP) is 4.43. The number of benzene rings is 1. The molecule has 0 saturated carbocycles. The van der Waals surface area contributed by atoms with Crippen molar-refractivity contribution in [2.45, 2.75) is 32.5 Å². The second kappa shape index (κ2) is 4.40. The van der Waals surface area contributed by atoms with E-state index in [9.17, 15) is 13.2 Å². The van der Waals surface area contributed by atoms with Gasteiger partial charge in [-0.25, -0.2) is 4.98 Å². The van der Waals surface area contributed by atoms with Gasteiger partial charge in [-0.2, -0.15) is 13.2 Å². The monoisotopic (exact) mass is 269 g/mol. The fourth-order valence-electron chi connectivity index (χ4n) is 1.80. The average molecular weight is 269 g/mol. The van der Waals surface area contributed by atoms with E-state index in [1.165, 1.54) is 18.3 Å². The van der Waals surface area contributed by atoms with Crippen molar-refractivity contribution in [2.75, 3.05) is 0 Å². The summed E-state index contributed by atoms with van der Waals surface area (Å²) >= 11 is 0. The molecule has 0 aliphatic rings. The van der Waals surface area contributed by atoms with Gasteiger partial charge in [0.05, 0.1) is 5.56 Å². The largest absolute Gasteiger partial charge is 0.471 e. The van der Waals surface area contributed by atoms with Crippen LogP contribution >= 0.6 is 0 Å². The summed E-state index contributed by atoms with van der Waals surface area (Å²) < 4.78 is 44.4. The average Bonchev–Trinajstić information content (AvgIpc) is 2.25. The summed E-state index contributed by atoms with van der Waals surface area (Å²) in [6, 6.07) is 5.36. The van der Waals surface area contributed by atoms with Crippen molar-refractivity contribution < 1.29 is 17.9 Å². The van der Waals surface area contributed by atoms with Crippen LogP contribution in [-0.2, 0) is 6.18 Å². The van der Waals surface area contributed by atoms with Crippen molar-refractivity contribution in [3.05, 3.63) is 36.0 Å². The molecule has 5 heteroatoms. The summed E-state index contributed by atoms with van der Waals surface area (Å²) in [5.41, 5.74) is -1.19. The zero-order valence-corrected chi connectivity index (χ0v) is 10.9. The molecule has 1 aromatic carbocycles. The molecule has 2 nitrogen and oxygen atoms in total. The molecule has 2 aromatic rings. The summed E-state index contributed by atoms with van der Waals surface area (Å²) in [7, 11) is 0. The Balaban J connectivity index is 2.65. The first-order valence-electron chi connectivity index (χ1n) is 5.82. The predicted molar refractivity (Wildman–Crippen MR) is 67.1 cm³/mol. The third-order valence-electron chi connectivity index (χ3n) is 2.48. The van der Waals surface area contributed by atoms with Gasteiger partial charge < -0.3 is 4.74 Å². The molecule has 2 rings (SSSR count). The van der Waals surface area contributed by atoms with E-state index in [0.29, 0.717) is 5.39 Å². The van der Waals surface area contributed by atoms with Crippen LogP contribution in [0.5, 0.6) is 5.88 Å². The number of halogens is 3. The second-order valence-electron chi connectivity index (χ2n) is 5.23. The Morgan fingerprint density at radius 2 is 1.68 bits per heavy atom. The highest BCUT2D eigenvalue weighted by Gasteiger charge is 2.32. The number of alkyl halides is 3. The Morgan fingerprint density at radius 1 is 1.00 bits per heavy atom. The van der Waals surface area contributed by atoms with Crippen LogP contribution in [-0.4, -0.2) is 10.6 Å². The smallest absolute Gasteiger partial charge is 0.417 e. The van der Waals surface area contributed by atoms with Crippen LogP contribution in [0.2, 0.25) is 0 Å². The van der Waals surface area contributed by atoms with Gasteiger partial charge in [-0.05, 0) is 39.0 Å². The van der Waals surface area contributed by atoms with E-state index in [0.717, 1.165) is 6.07 Å². The third kappa shape index (κ3) is 2.97. The molecule has 0 spiro atoms. The van der Waals surface area contributed by atoms with Gasteiger partial charge in [0.25, 0.3) is 0 Å². The minimum Gasteiger partial charge on any atom is -0.471 e. The van der Waals surface area contributed by atoms with E-state index in [4.69, 9.17) is 4.74 Å². The van der Waals surface area contributed by atoms with E-state index in [1.54, 1.807) is 6.07 Å². The van der Waals surface area contributed by atoms with E-state index in [2.05, 4.69) is 4.98 Å². The van der Waals surface area contributed by atoms with E-state index < -0.39 is 17.3 Å². The number of rotatable bonds is 1. The summed E-state index contributed by atoms with van der Waals surface area (Å²) in [5.74, 6) is 0.219. The summed E-state index contributed by atoms with van der Waals surface area (Å²) in [5, 5.41) is 0.469. The lowest BCUT2D eigenvalue weighted by atomic mass is 10.1. The van der Waals surface area contributed by atoms with Crippen molar-refractivity contribution in [1.82, 2.24) is 4.98 Å². The van der Waals surface area contributed by atoms with Gasteiger partial charge in [-0.3, -0.25) is 0 Å². The van der Waals surface area contributed by atoms with Crippen molar-refractivity contribution in [1.29, 1.82) is 0 Å². The second-order valence-corrected chi connectivity index (χ2v) is 5.23. The van der Waals surface area contributed by atoms with E-state index in [1.807, 2.05) is 20.8 Å². The van der Waals surface area contributed by atoms with Gasteiger partial charge in [0.1, 0.15) is 5.60 Å². The third-order valence-corrected chi connectivity index (χ3v) is 2.48. The summed E-state index contributed by atoms with van der Waals surface area (Å²) in [6.45, 7) is 5.46. The van der Waals surface area contributed by atoms with Crippen molar-refractivity contribution in [3.8, 4) is 5.88 Å². The van der Waals surface area contributed by atoms with Crippen LogP contribution in [0.1, 0.15) is 26.3 Å². The van der Waals surface area contributed by atoms with Crippen LogP contribution in [0.3, 0.4) is 0 Å². The van der Waals surface area contributed by atoms with Gasteiger partial charge >= 0.3 is 6.18 Å². The van der Waals surface area contributed by atoms with Gasteiger partial charge in [0.15, 0.2) is 0 Å². The summed E-state index contributed by atoms with van der Waals surface area (Å²) in [4.78, 5) is 4.03. The zero-order chi connectivity index (χ0) is 14.3. The highest BCUT2D eigenvalue weighted by molar-refractivity contribution is 5.89. The Bertz CT molecular complexity index is 600. The van der Waals surface area contributed by atoms with Gasteiger partial charge in [0.2, 0.25) is 5.88 Å². The standard InChI is InChI=1S/C14H14F3NO/c1-13(2,3)19-12-10-5-4-6-11(14(15,16)17)9(10)7-8-18-12/h4-8H,1-3H3. The topological polar surface area (TPSA) is 22.1 Å². The maximum Gasteiger partial charge on any atom is 0.417 e. The lowest BCUT2D eigenvalue weighted by Gasteiger charge is -2.21. The maximum atomic E-state index is 12.9. The molecule has 0 unspecified atom stereocenters. The molecular formula is C14H14F3NO. The lowest BCUT2D eigenvalue weighted by molar-refractivity contribution is -0.136. The van der Waals surface area contributed by atoms with Crippen LogP contribution in [0.4, 0.5) is 13.2 Å². The first-order chi connectivity index (χ1) is 8.68. The van der Waals surface area contributed by atoms with Gasteiger partial charge in [0, 0.05) is 17.0 Å². The van der Waals surface area contributed by atoms with Crippen LogP contribution in [0.25, 0.3) is 10.8 Å². The molecule has 1 heterocycles. The first kappa shape index (κ1) is 13.6. The van der Waals surface area contributed by atoms with Crippen LogP contribution < -0.4 is 4.74 Å². The first-order valence-corrected chi connectivity index (χ1v) is 5.82. The Kier molecular flexibility index (Phi) is 3.16. The molecule has 1 aromatic heterocycles. The minimum absolute atomic E-state index is 0.101. The molecule has 102 valence electrons. The number of pyridine rings is 1. The molecule has 19 heavy (non-hydrogen) atoms. The van der Waals surface area contributed by atoms with Crippen LogP contribution in [0, 0.1) is 0 Å². The molecule has 0 aliphatic heterocycles. The number of hydrogen-bond acceptors (Lipinski definition) is 2. The number of ether oxygens (including phenoxy) is 1.